The van der Waals surface area contributed by atoms with Gasteiger partial charge in [0.2, 0.25) is 0 Å². The molecule has 3 heterocycles. The van der Waals surface area contributed by atoms with Crippen LogP contribution in [0.25, 0.3) is 11.3 Å². The summed E-state index contributed by atoms with van der Waals surface area (Å²) in [6, 6.07) is 15.8. The van der Waals surface area contributed by atoms with E-state index in [1.165, 1.54) is 24.2 Å². The third-order valence-corrected chi connectivity index (χ3v) is 6.58. The number of fused-ring (bicyclic) bond motifs is 2. The molecular weight excluding hydrogens is 448 g/mol. The van der Waals surface area contributed by atoms with E-state index in [-0.39, 0.29) is 5.56 Å². The third-order valence-electron chi connectivity index (χ3n) is 5.14. The minimum absolute atomic E-state index is 0.0717. The number of aromatic nitrogens is 4. The lowest BCUT2D eigenvalue weighted by atomic mass is 10.0. The first-order chi connectivity index (χ1) is 14.2. The van der Waals surface area contributed by atoms with Crippen LogP contribution in [0.1, 0.15) is 29.9 Å². The van der Waals surface area contributed by atoms with Crippen molar-refractivity contribution in [3.8, 4) is 5.69 Å². The summed E-state index contributed by atoms with van der Waals surface area (Å²) in [5.41, 5.74) is 5.02. The van der Waals surface area contributed by atoms with Crippen LogP contribution in [0.2, 0.25) is 0 Å². The van der Waals surface area contributed by atoms with Gasteiger partial charge in [0.15, 0.2) is 5.16 Å². The molecule has 0 saturated heterocycles. The Labute approximate surface area is 181 Å². The van der Waals surface area contributed by atoms with Crippen molar-refractivity contribution >= 4 is 33.3 Å². The number of para-hydroxylation sites is 1. The van der Waals surface area contributed by atoms with Crippen molar-refractivity contribution in [3.05, 3.63) is 86.6 Å². The Morgan fingerprint density at radius 2 is 1.86 bits per heavy atom. The van der Waals surface area contributed by atoms with Crippen LogP contribution in [-0.4, -0.2) is 18.9 Å². The van der Waals surface area contributed by atoms with Crippen molar-refractivity contribution in [1.29, 1.82) is 0 Å². The quantitative estimate of drug-likeness (QED) is 0.404. The van der Waals surface area contributed by atoms with E-state index in [1.807, 2.05) is 18.2 Å². The summed E-state index contributed by atoms with van der Waals surface area (Å²) in [4.78, 5) is 22.1. The Morgan fingerprint density at radius 3 is 2.72 bits per heavy atom. The summed E-state index contributed by atoms with van der Waals surface area (Å²) in [5, 5.41) is 0.973. The molecule has 3 aromatic heterocycles. The highest BCUT2D eigenvalue weighted by atomic mass is 79.9. The van der Waals surface area contributed by atoms with Gasteiger partial charge in [-0.25, -0.2) is 9.97 Å². The fraction of sp³-hybridized carbons (Fsp3) is 0.227. The first-order valence-corrected chi connectivity index (χ1v) is 11.4. The predicted molar refractivity (Wildman–Crippen MR) is 119 cm³/mol. The summed E-state index contributed by atoms with van der Waals surface area (Å²) in [6.07, 6.45) is 6.24. The zero-order valence-corrected chi connectivity index (χ0v) is 18.1. The summed E-state index contributed by atoms with van der Waals surface area (Å²) in [5.74, 6) is 0.602. The molecule has 0 amide bonds. The number of nitrogens with zero attached hydrogens (tertiary/aromatic N) is 4. The fourth-order valence-electron chi connectivity index (χ4n) is 3.79. The monoisotopic (exact) mass is 466 g/mol. The van der Waals surface area contributed by atoms with E-state index in [1.54, 1.807) is 28.4 Å². The molecule has 0 bridgehead atoms. The summed E-state index contributed by atoms with van der Waals surface area (Å²) in [6.45, 7) is 0. The second-order valence-electron chi connectivity index (χ2n) is 7.12. The smallest absolute Gasteiger partial charge is 0.258 e. The van der Waals surface area contributed by atoms with Crippen LogP contribution in [-0.2, 0) is 18.6 Å². The number of halogens is 1. The average molecular weight is 467 g/mol. The largest absolute Gasteiger partial charge is 0.292 e. The molecule has 0 radical (unpaired) electrons. The topological polar surface area (TPSA) is 52.2 Å². The van der Waals surface area contributed by atoms with Gasteiger partial charge in [-0.1, -0.05) is 30.0 Å². The van der Waals surface area contributed by atoms with Gasteiger partial charge < -0.3 is 0 Å². The molecule has 0 saturated carbocycles. The van der Waals surface area contributed by atoms with E-state index in [2.05, 4.69) is 49.7 Å². The number of imidazole rings is 1. The van der Waals surface area contributed by atoms with Gasteiger partial charge in [-0.15, -0.1) is 0 Å². The van der Waals surface area contributed by atoms with E-state index in [0.29, 0.717) is 11.4 Å². The van der Waals surface area contributed by atoms with Gasteiger partial charge >= 0.3 is 0 Å². The van der Waals surface area contributed by atoms with E-state index in [0.717, 1.165) is 33.9 Å². The highest BCUT2D eigenvalue weighted by Gasteiger charge is 2.21. The Bertz CT molecular complexity index is 1250. The number of hydrogen-bond donors (Lipinski definition) is 0. The zero-order valence-electron chi connectivity index (χ0n) is 15.7. The lowest BCUT2D eigenvalue weighted by molar-refractivity contribution is 0.654. The first-order valence-electron chi connectivity index (χ1n) is 9.65. The van der Waals surface area contributed by atoms with Crippen molar-refractivity contribution in [2.75, 3.05) is 0 Å². The van der Waals surface area contributed by atoms with E-state index < -0.39 is 0 Å². The molecule has 7 heteroatoms. The zero-order chi connectivity index (χ0) is 19.8. The van der Waals surface area contributed by atoms with Crippen molar-refractivity contribution in [1.82, 2.24) is 18.9 Å². The molecule has 1 aromatic carbocycles. The summed E-state index contributed by atoms with van der Waals surface area (Å²) >= 11 is 5.04. The highest BCUT2D eigenvalue weighted by Crippen LogP contribution is 2.31. The van der Waals surface area contributed by atoms with E-state index >= 15 is 0 Å². The maximum atomic E-state index is 12.5. The Morgan fingerprint density at radius 1 is 1.03 bits per heavy atom. The maximum absolute atomic E-state index is 12.5. The molecule has 1 aliphatic carbocycles. The molecule has 0 atom stereocenters. The second kappa shape index (κ2) is 7.80. The Balaban J connectivity index is 1.50. The number of hydrogen-bond acceptors (Lipinski definition) is 4. The molecule has 0 unspecified atom stereocenters. The SMILES string of the molecule is O=c1cc(CSc2nc3c(n2-c2ccccc2)CCCC3)nc2ccc(Br)cn12. The maximum Gasteiger partial charge on any atom is 0.258 e. The normalized spacial score (nSPS) is 13.6. The molecular formula is C22H19BrN4OS. The first kappa shape index (κ1) is 18.6. The van der Waals surface area contributed by atoms with Crippen LogP contribution in [0, 0.1) is 0 Å². The molecule has 4 aromatic rings. The van der Waals surface area contributed by atoms with Crippen LogP contribution in [0.3, 0.4) is 0 Å². The number of thioether (sulfide) groups is 1. The Hall–Kier alpha value is -2.38. The second-order valence-corrected chi connectivity index (χ2v) is 8.97. The molecule has 29 heavy (non-hydrogen) atoms. The number of benzene rings is 1. The van der Waals surface area contributed by atoms with Crippen molar-refractivity contribution < 1.29 is 0 Å². The standard InChI is InChI=1S/C22H19BrN4OS/c23-15-10-11-20-24-16(12-21(28)26(20)13-15)14-29-22-25-18-8-4-5-9-19(18)27(22)17-6-2-1-3-7-17/h1-3,6-7,10-13H,4-5,8-9,14H2. The van der Waals surface area contributed by atoms with Gasteiger partial charge in [0, 0.05) is 33.9 Å². The lowest BCUT2D eigenvalue weighted by Gasteiger charge is -2.15. The molecule has 146 valence electrons. The van der Waals surface area contributed by atoms with Crippen LogP contribution in [0.5, 0.6) is 0 Å². The van der Waals surface area contributed by atoms with Gasteiger partial charge in [-0.3, -0.25) is 13.8 Å². The summed E-state index contributed by atoms with van der Waals surface area (Å²) in [7, 11) is 0. The fourth-order valence-corrected chi connectivity index (χ4v) is 5.08. The van der Waals surface area contributed by atoms with Gasteiger partial charge in [0.25, 0.3) is 5.56 Å². The molecule has 0 N–H and O–H groups in total. The third kappa shape index (κ3) is 3.65. The average Bonchev–Trinajstić information content (AvgIpc) is 3.12. The molecule has 0 aliphatic heterocycles. The van der Waals surface area contributed by atoms with Crippen LogP contribution < -0.4 is 5.56 Å². The minimum atomic E-state index is -0.0717. The number of aryl methyl sites for hydroxylation is 1. The Kier molecular flexibility index (Phi) is 5.01. The van der Waals surface area contributed by atoms with Gasteiger partial charge in [-0.2, -0.15) is 0 Å². The van der Waals surface area contributed by atoms with Crippen molar-refractivity contribution in [2.24, 2.45) is 0 Å². The minimum Gasteiger partial charge on any atom is -0.292 e. The molecule has 0 spiro atoms. The van der Waals surface area contributed by atoms with Crippen molar-refractivity contribution in [3.63, 3.8) is 0 Å². The highest BCUT2D eigenvalue weighted by molar-refractivity contribution is 9.10. The number of pyridine rings is 1. The van der Waals surface area contributed by atoms with Crippen molar-refractivity contribution in [2.45, 2.75) is 36.6 Å². The number of rotatable bonds is 4. The molecule has 5 nitrogen and oxygen atoms in total. The van der Waals surface area contributed by atoms with Crippen LogP contribution in [0.15, 0.2) is 69.2 Å². The summed E-state index contributed by atoms with van der Waals surface area (Å²) < 4.78 is 4.69. The van der Waals surface area contributed by atoms with E-state index in [4.69, 9.17) is 4.98 Å². The molecule has 5 rings (SSSR count). The van der Waals surface area contributed by atoms with Crippen LogP contribution >= 0.6 is 27.7 Å². The lowest BCUT2D eigenvalue weighted by Crippen LogP contribution is -2.15. The van der Waals surface area contributed by atoms with Gasteiger partial charge in [0.1, 0.15) is 5.65 Å². The van der Waals surface area contributed by atoms with Gasteiger partial charge in [0.05, 0.1) is 11.4 Å². The molecule has 0 fully saturated rings. The van der Waals surface area contributed by atoms with Crippen LogP contribution in [0.4, 0.5) is 0 Å². The molecule has 1 aliphatic rings. The van der Waals surface area contributed by atoms with Gasteiger partial charge in [-0.05, 0) is 65.9 Å². The van der Waals surface area contributed by atoms with E-state index in [9.17, 15) is 4.79 Å². The predicted octanol–water partition coefficient (Wildman–Crippen LogP) is 4.81.